The fourth-order valence-electron chi connectivity index (χ4n) is 2.65. The van der Waals surface area contributed by atoms with Crippen LogP contribution in [0.1, 0.15) is 32.5 Å². The second kappa shape index (κ2) is 7.58. The predicted octanol–water partition coefficient (Wildman–Crippen LogP) is 1.40. The molecule has 1 N–H and O–H groups in total. The Morgan fingerprint density at radius 2 is 2.19 bits per heavy atom. The Hall–Kier alpha value is -0.630. The van der Waals surface area contributed by atoms with Crippen LogP contribution in [0.5, 0.6) is 0 Å². The Balaban J connectivity index is 0.00000220. The van der Waals surface area contributed by atoms with Crippen LogP contribution in [0.15, 0.2) is 11.2 Å². The van der Waals surface area contributed by atoms with Crippen LogP contribution in [0.4, 0.5) is 0 Å². The molecule has 6 nitrogen and oxygen atoms in total. The van der Waals surface area contributed by atoms with Crippen LogP contribution in [0, 0.1) is 6.92 Å². The lowest BCUT2D eigenvalue weighted by atomic mass is 10.2. The van der Waals surface area contributed by atoms with Crippen molar-refractivity contribution in [3.63, 3.8) is 0 Å². The average molecular weight is 337 g/mol. The largest absolute Gasteiger partial charge is 0.334 e. The maximum absolute atomic E-state index is 12.8. The standard InChI is InChI=1S/C13H24N4O2S.ClH/c1-4-8-17(12-6-7-14-9-12)20(18,19)13-10-16(5-2)11(3)15-13;/h10,12,14H,4-9H2,1-3H3;1H. The van der Waals surface area contributed by atoms with Gasteiger partial charge in [-0.1, -0.05) is 6.92 Å². The van der Waals surface area contributed by atoms with Gasteiger partial charge in [0.2, 0.25) is 0 Å². The topological polar surface area (TPSA) is 67.2 Å². The minimum Gasteiger partial charge on any atom is -0.334 e. The van der Waals surface area contributed by atoms with E-state index in [2.05, 4.69) is 10.3 Å². The Morgan fingerprint density at radius 1 is 1.48 bits per heavy atom. The molecule has 1 aliphatic heterocycles. The normalized spacial score (nSPS) is 19.0. The van der Waals surface area contributed by atoms with E-state index in [1.807, 2.05) is 25.3 Å². The van der Waals surface area contributed by atoms with Crippen molar-refractivity contribution < 1.29 is 8.42 Å². The molecule has 1 unspecified atom stereocenters. The molecule has 1 aromatic heterocycles. The van der Waals surface area contributed by atoms with Gasteiger partial charge in [-0.3, -0.25) is 0 Å². The van der Waals surface area contributed by atoms with Crippen LogP contribution >= 0.6 is 12.4 Å². The summed E-state index contributed by atoms with van der Waals surface area (Å²) in [6, 6.07) is 0.0482. The number of rotatable bonds is 6. The zero-order valence-electron chi connectivity index (χ0n) is 12.9. The SMILES string of the molecule is CCCN(C1CCNC1)S(=O)(=O)c1cn(CC)c(C)n1.Cl. The summed E-state index contributed by atoms with van der Waals surface area (Å²) in [6.45, 7) is 8.70. The molecule has 122 valence electrons. The maximum atomic E-state index is 12.8. The summed E-state index contributed by atoms with van der Waals surface area (Å²) >= 11 is 0. The first-order chi connectivity index (χ1) is 9.50. The summed E-state index contributed by atoms with van der Waals surface area (Å²) in [4.78, 5) is 4.24. The van der Waals surface area contributed by atoms with Gasteiger partial charge in [0.1, 0.15) is 5.82 Å². The molecule has 8 heteroatoms. The van der Waals surface area contributed by atoms with Gasteiger partial charge in [-0.25, -0.2) is 13.4 Å². The molecule has 0 aromatic carbocycles. The number of nitrogens with zero attached hydrogens (tertiary/aromatic N) is 3. The summed E-state index contributed by atoms with van der Waals surface area (Å²) in [6.07, 6.45) is 3.33. The molecular weight excluding hydrogens is 312 g/mol. The maximum Gasteiger partial charge on any atom is 0.262 e. The molecule has 0 radical (unpaired) electrons. The molecule has 2 rings (SSSR count). The zero-order chi connectivity index (χ0) is 14.8. The van der Waals surface area contributed by atoms with Gasteiger partial charge in [-0.2, -0.15) is 4.31 Å². The highest BCUT2D eigenvalue weighted by atomic mass is 35.5. The molecule has 0 aliphatic carbocycles. The first-order valence-corrected chi connectivity index (χ1v) is 8.71. The second-order valence-electron chi connectivity index (χ2n) is 5.17. The Bertz CT molecular complexity index is 553. The van der Waals surface area contributed by atoms with Gasteiger partial charge in [-0.15, -0.1) is 12.4 Å². The van der Waals surface area contributed by atoms with Gasteiger partial charge in [0, 0.05) is 31.9 Å². The van der Waals surface area contributed by atoms with Gasteiger partial charge >= 0.3 is 0 Å². The highest BCUT2D eigenvalue weighted by Gasteiger charge is 2.34. The predicted molar refractivity (Wildman–Crippen MR) is 85.3 cm³/mol. The van der Waals surface area contributed by atoms with E-state index in [1.165, 1.54) is 0 Å². The highest BCUT2D eigenvalue weighted by Crippen LogP contribution is 2.21. The molecule has 0 saturated carbocycles. The summed E-state index contributed by atoms with van der Waals surface area (Å²) in [5.41, 5.74) is 0. The molecule has 0 amide bonds. The van der Waals surface area contributed by atoms with Crippen LogP contribution in [0.25, 0.3) is 0 Å². The average Bonchev–Trinajstić information content (AvgIpc) is 3.04. The van der Waals surface area contributed by atoms with Gasteiger partial charge in [-0.05, 0) is 33.2 Å². The number of aryl methyl sites for hydroxylation is 2. The van der Waals surface area contributed by atoms with Crippen molar-refractivity contribution in [2.45, 2.75) is 51.2 Å². The van der Waals surface area contributed by atoms with Crippen molar-refractivity contribution in [2.24, 2.45) is 0 Å². The van der Waals surface area contributed by atoms with E-state index in [1.54, 1.807) is 10.5 Å². The van der Waals surface area contributed by atoms with Crippen LogP contribution < -0.4 is 5.32 Å². The minimum absolute atomic E-state index is 0. The lowest BCUT2D eigenvalue weighted by Crippen LogP contribution is -2.42. The number of sulfonamides is 1. The molecule has 1 fully saturated rings. The van der Waals surface area contributed by atoms with Crippen molar-refractivity contribution in [1.82, 2.24) is 19.2 Å². The van der Waals surface area contributed by atoms with Gasteiger partial charge in [0.25, 0.3) is 10.0 Å². The van der Waals surface area contributed by atoms with Crippen molar-refractivity contribution in [3.8, 4) is 0 Å². The van der Waals surface area contributed by atoms with E-state index in [-0.39, 0.29) is 23.5 Å². The van der Waals surface area contributed by atoms with E-state index in [9.17, 15) is 8.42 Å². The van der Waals surface area contributed by atoms with E-state index in [4.69, 9.17) is 0 Å². The molecule has 0 spiro atoms. The van der Waals surface area contributed by atoms with E-state index < -0.39 is 10.0 Å². The summed E-state index contributed by atoms with van der Waals surface area (Å²) in [5.74, 6) is 0.743. The third-order valence-electron chi connectivity index (χ3n) is 3.75. The quantitative estimate of drug-likeness (QED) is 0.852. The lowest BCUT2D eigenvalue weighted by molar-refractivity contribution is 0.334. The van der Waals surface area contributed by atoms with Crippen molar-refractivity contribution >= 4 is 22.4 Å². The molecule has 1 saturated heterocycles. The Labute approximate surface area is 133 Å². The summed E-state index contributed by atoms with van der Waals surface area (Å²) < 4.78 is 29.1. The Morgan fingerprint density at radius 3 is 2.67 bits per heavy atom. The van der Waals surface area contributed by atoms with E-state index >= 15 is 0 Å². The highest BCUT2D eigenvalue weighted by molar-refractivity contribution is 7.89. The Kier molecular flexibility index (Phi) is 6.65. The molecule has 1 atom stereocenters. The summed E-state index contributed by atoms with van der Waals surface area (Å²) in [7, 11) is -3.50. The van der Waals surface area contributed by atoms with E-state index in [0.29, 0.717) is 6.54 Å². The molecule has 1 aromatic rings. The van der Waals surface area contributed by atoms with Crippen molar-refractivity contribution in [3.05, 3.63) is 12.0 Å². The molecule has 0 bridgehead atoms. The third-order valence-corrected chi connectivity index (χ3v) is 5.58. The van der Waals surface area contributed by atoms with Gasteiger partial charge in [0.05, 0.1) is 0 Å². The molecular formula is C13H25ClN4O2S. The van der Waals surface area contributed by atoms with Crippen LogP contribution in [-0.4, -0.2) is 48.0 Å². The smallest absolute Gasteiger partial charge is 0.262 e. The monoisotopic (exact) mass is 336 g/mol. The molecule has 1 aliphatic rings. The number of aromatic nitrogens is 2. The van der Waals surface area contributed by atoms with Gasteiger partial charge in [0.15, 0.2) is 5.03 Å². The second-order valence-corrected chi connectivity index (χ2v) is 7.01. The van der Waals surface area contributed by atoms with E-state index in [0.717, 1.165) is 38.3 Å². The van der Waals surface area contributed by atoms with Crippen LogP contribution in [0.2, 0.25) is 0 Å². The summed E-state index contributed by atoms with van der Waals surface area (Å²) in [5, 5.41) is 3.41. The lowest BCUT2D eigenvalue weighted by Gasteiger charge is -2.26. The van der Waals surface area contributed by atoms with Gasteiger partial charge < -0.3 is 9.88 Å². The van der Waals surface area contributed by atoms with Crippen molar-refractivity contribution in [1.29, 1.82) is 0 Å². The fraction of sp³-hybridized carbons (Fsp3) is 0.769. The fourth-order valence-corrected chi connectivity index (χ4v) is 4.39. The number of imidazole rings is 1. The first kappa shape index (κ1) is 18.4. The number of hydrogen-bond acceptors (Lipinski definition) is 4. The first-order valence-electron chi connectivity index (χ1n) is 7.27. The van der Waals surface area contributed by atoms with Crippen molar-refractivity contribution in [2.75, 3.05) is 19.6 Å². The van der Waals surface area contributed by atoms with Crippen LogP contribution in [0.3, 0.4) is 0 Å². The minimum atomic E-state index is -3.50. The molecule has 21 heavy (non-hydrogen) atoms. The van der Waals surface area contributed by atoms with Crippen LogP contribution in [-0.2, 0) is 16.6 Å². The number of nitrogens with one attached hydrogen (secondary N) is 1. The third kappa shape index (κ3) is 3.77. The molecule has 2 heterocycles. The number of halogens is 1. The number of hydrogen-bond donors (Lipinski definition) is 1. The zero-order valence-corrected chi connectivity index (χ0v) is 14.5.